The van der Waals surface area contributed by atoms with Crippen LogP contribution in [-0.4, -0.2) is 33.2 Å². The molecule has 1 amide bonds. The van der Waals surface area contributed by atoms with E-state index in [1.807, 2.05) is 19.2 Å². The summed E-state index contributed by atoms with van der Waals surface area (Å²) in [4.78, 5) is 11.5. The number of methoxy groups -OCH3 is 1. The van der Waals surface area contributed by atoms with Gasteiger partial charge < -0.3 is 20.1 Å². The Labute approximate surface area is 113 Å². The molecule has 0 bridgehead atoms. The highest BCUT2D eigenvalue weighted by Gasteiger charge is 2.07. The van der Waals surface area contributed by atoms with Crippen molar-refractivity contribution in [2.24, 2.45) is 0 Å². The Morgan fingerprint density at radius 3 is 2.89 bits per heavy atom. The van der Waals surface area contributed by atoms with Gasteiger partial charge in [-0.3, -0.25) is 4.79 Å². The van der Waals surface area contributed by atoms with E-state index in [0.717, 1.165) is 5.56 Å². The van der Waals surface area contributed by atoms with Crippen molar-refractivity contribution < 1.29 is 14.3 Å². The van der Waals surface area contributed by atoms with E-state index in [9.17, 15) is 4.79 Å². The molecule has 0 saturated carbocycles. The molecule has 0 spiro atoms. The first-order valence-electron chi connectivity index (χ1n) is 6.03. The lowest BCUT2D eigenvalue weighted by Crippen LogP contribution is -2.29. The van der Waals surface area contributed by atoms with Crippen molar-refractivity contribution in [1.29, 1.82) is 0 Å². The molecular formula is C14H20N2O3. The Kier molecular flexibility index (Phi) is 6.46. The summed E-state index contributed by atoms with van der Waals surface area (Å²) in [7, 11) is 3.44. The average Bonchev–Trinajstić information content (AvgIpc) is 2.44. The first-order valence-corrected chi connectivity index (χ1v) is 6.03. The van der Waals surface area contributed by atoms with Crippen molar-refractivity contribution in [2.75, 3.05) is 27.3 Å². The Morgan fingerprint density at radius 2 is 2.26 bits per heavy atom. The summed E-state index contributed by atoms with van der Waals surface area (Å²) in [5.41, 5.74) is 0.972. The van der Waals surface area contributed by atoms with Gasteiger partial charge >= 0.3 is 0 Å². The van der Waals surface area contributed by atoms with Gasteiger partial charge in [-0.2, -0.15) is 0 Å². The van der Waals surface area contributed by atoms with Crippen molar-refractivity contribution in [3.05, 3.63) is 36.4 Å². The van der Waals surface area contributed by atoms with Crippen LogP contribution in [0.15, 0.2) is 30.9 Å². The Morgan fingerprint density at radius 1 is 1.47 bits per heavy atom. The summed E-state index contributed by atoms with van der Waals surface area (Å²) in [6.45, 7) is 4.60. The van der Waals surface area contributed by atoms with Crippen molar-refractivity contribution in [2.45, 2.75) is 6.54 Å². The van der Waals surface area contributed by atoms with Gasteiger partial charge in [0.15, 0.2) is 6.61 Å². The van der Waals surface area contributed by atoms with Gasteiger partial charge in [-0.25, -0.2) is 0 Å². The molecule has 19 heavy (non-hydrogen) atoms. The zero-order valence-corrected chi connectivity index (χ0v) is 11.4. The summed E-state index contributed by atoms with van der Waals surface area (Å²) < 4.78 is 10.7. The smallest absolute Gasteiger partial charge is 0.258 e. The lowest BCUT2D eigenvalue weighted by molar-refractivity contribution is -0.122. The number of rotatable bonds is 8. The van der Waals surface area contributed by atoms with Gasteiger partial charge in [0.25, 0.3) is 5.91 Å². The molecule has 5 nitrogen and oxygen atoms in total. The zero-order chi connectivity index (χ0) is 14.1. The Bertz CT molecular complexity index is 433. The van der Waals surface area contributed by atoms with E-state index in [1.54, 1.807) is 19.3 Å². The van der Waals surface area contributed by atoms with Crippen LogP contribution in [0.2, 0.25) is 0 Å². The normalized spacial score (nSPS) is 9.79. The fourth-order valence-electron chi connectivity index (χ4n) is 1.51. The number of ether oxygens (including phenoxy) is 2. The third kappa shape index (κ3) is 5.01. The standard InChI is InChI=1S/C14H20N2O3/c1-4-7-16-14(17)10-19-13-8-12(18-3)6-5-11(13)9-15-2/h4-6,8,15H,1,7,9-10H2,2-3H3,(H,16,17). The molecule has 0 atom stereocenters. The number of hydrogen-bond donors (Lipinski definition) is 2. The molecule has 0 aliphatic rings. The minimum absolute atomic E-state index is 0.0300. The molecule has 1 rings (SSSR count). The molecule has 0 unspecified atom stereocenters. The molecule has 1 aromatic rings. The molecular weight excluding hydrogens is 244 g/mol. The predicted octanol–water partition coefficient (Wildman–Crippen LogP) is 1.10. The molecule has 104 valence electrons. The fraction of sp³-hybridized carbons (Fsp3) is 0.357. The molecule has 5 heteroatoms. The van der Waals surface area contributed by atoms with Gasteiger partial charge in [-0.05, 0) is 13.1 Å². The lowest BCUT2D eigenvalue weighted by atomic mass is 10.2. The number of benzene rings is 1. The second-order valence-electron chi connectivity index (χ2n) is 3.89. The van der Waals surface area contributed by atoms with E-state index in [4.69, 9.17) is 9.47 Å². The summed E-state index contributed by atoms with van der Waals surface area (Å²) in [6, 6.07) is 5.54. The van der Waals surface area contributed by atoms with Crippen LogP contribution in [0.3, 0.4) is 0 Å². The van der Waals surface area contributed by atoms with Crippen LogP contribution in [0.5, 0.6) is 11.5 Å². The Balaban J connectivity index is 2.68. The molecule has 0 saturated heterocycles. The van der Waals surface area contributed by atoms with Crippen LogP contribution >= 0.6 is 0 Å². The summed E-state index contributed by atoms with van der Waals surface area (Å²) in [6.07, 6.45) is 1.62. The highest BCUT2D eigenvalue weighted by atomic mass is 16.5. The number of carbonyl (C=O) groups excluding carboxylic acids is 1. The van der Waals surface area contributed by atoms with E-state index in [2.05, 4.69) is 17.2 Å². The molecule has 1 aromatic carbocycles. The molecule has 0 aliphatic carbocycles. The molecule has 0 fully saturated rings. The average molecular weight is 264 g/mol. The van der Waals surface area contributed by atoms with Gasteiger partial charge in [0, 0.05) is 24.7 Å². The minimum Gasteiger partial charge on any atom is -0.497 e. The quantitative estimate of drug-likeness (QED) is 0.690. The molecule has 0 aliphatic heterocycles. The van der Waals surface area contributed by atoms with Crippen LogP contribution in [-0.2, 0) is 11.3 Å². The van der Waals surface area contributed by atoms with Crippen LogP contribution in [0.25, 0.3) is 0 Å². The van der Waals surface area contributed by atoms with Crippen molar-refractivity contribution in [3.63, 3.8) is 0 Å². The Hall–Kier alpha value is -2.01. The van der Waals surface area contributed by atoms with Gasteiger partial charge in [-0.15, -0.1) is 6.58 Å². The highest BCUT2D eigenvalue weighted by molar-refractivity contribution is 5.77. The lowest BCUT2D eigenvalue weighted by Gasteiger charge is -2.12. The van der Waals surface area contributed by atoms with E-state index >= 15 is 0 Å². The van der Waals surface area contributed by atoms with Crippen LogP contribution in [0.1, 0.15) is 5.56 Å². The van der Waals surface area contributed by atoms with Gasteiger partial charge in [0.2, 0.25) is 0 Å². The van der Waals surface area contributed by atoms with Crippen LogP contribution < -0.4 is 20.1 Å². The van der Waals surface area contributed by atoms with Crippen molar-refractivity contribution >= 4 is 5.91 Å². The summed E-state index contributed by atoms with van der Waals surface area (Å²) >= 11 is 0. The molecule has 2 N–H and O–H groups in total. The van der Waals surface area contributed by atoms with E-state index < -0.39 is 0 Å². The zero-order valence-electron chi connectivity index (χ0n) is 11.4. The molecule has 0 radical (unpaired) electrons. The number of hydrogen-bond acceptors (Lipinski definition) is 4. The second kappa shape index (κ2) is 8.16. The van der Waals surface area contributed by atoms with Crippen molar-refractivity contribution in [1.82, 2.24) is 10.6 Å². The van der Waals surface area contributed by atoms with E-state index in [-0.39, 0.29) is 12.5 Å². The topological polar surface area (TPSA) is 59.6 Å². The van der Waals surface area contributed by atoms with E-state index in [0.29, 0.717) is 24.6 Å². The monoisotopic (exact) mass is 264 g/mol. The van der Waals surface area contributed by atoms with Crippen molar-refractivity contribution in [3.8, 4) is 11.5 Å². The molecule has 0 heterocycles. The number of carbonyl (C=O) groups is 1. The summed E-state index contributed by atoms with van der Waals surface area (Å²) in [5, 5.41) is 5.70. The maximum Gasteiger partial charge on any atom is 0.258 e. The first kappa shape index (κ1) is 15.0. The highest BCUT2D eigenvalue weighted by Crippen LogP contribution is 2.24. The van der Waals surface area contributed by atoms with Crippen LogP contribution in [0.4, 0.5) is 0 Å². The van der Waals surface area contributed by atoms with Gasteiger partial charge in [-0.1, -0.05) is 12.1 Å². The van der Waals surface area contributed by atoms with Crippen LogP contribution in [0, 0.1) is 0 Å². The largest absolute Gasteiger partial charge is 0.497 e. The predicted molar refractivity (Wildman–Crippen MR) is 74.5 cm³/mol. The molecule has 0 aromatic heterocycles. The van der Waals surface area contributed by atoms with Gasteiger partial charge in [0.1, 0.15) is 11.5 Å². The summed E-state index contributed by atoms with van der Waals surface area (Å²) in [5.74, 6) is 1.15. The first-order chi connectivity index (χ1) is 9.21. The van der Waals surface area contributed by atoms with E-state index in [1.165, 1.54) is 0 Å². The number of nitrogens with one attached hydrogen (secondary N) is 2. The minimum atomic E-state index is -0.182. The maximum absolute atomic E-state index is 11.5. The fourth-order valence-corrected chi connectivity index (χ4v) is 1.51. The number of amides is 1. The second-order valence-corrected chi connectivity index (χ2v) is 3.89. The third-order valence-electron chi connectivity index (χ3n) is 2.44. The maximum atomic E-state index is 11.5. The third-order valence-corrected chi connectivity index (χ3v) is 2.44. The van der Waals surface area contributed by atoms with Gasteiger partial charge in [0.05, 0.1) is 7.11 Å². The SMILES string of the molecule is C=CCNC(=O)COc1cc(OC)ccc1CNC.